The van der Waals surface area contributed by atoms with Gasteiger partial charge in [-0.3, -0.25) is 9.59 Å². The Kier molecular flexibility index (Phi) is 5.39. The van der Waals surface area contributed by atoms with E-state index in [9.17, 15) is 9.59 Å². The van der Waals surface area contributed by atoms with Gasteiger partial charge in [0.2, 0.25) is 0 Å². The molecule has 0 saturated heterocycles. The van der Waals surface area contributed by atoms with Crippen molar-refractivity contribution in [3.8, 4) is 11.1 Å². The highest BCUT2D eigenvalue weighted by molar-refractivity contribution is 6.42. The Hall–Kier alpha value is -3.06. The van der Waals surface area contributed by atoms with Crippen LogP contribution in [0.2, 0.25) is 10.0 Å². The third-order valence-electron chi connectivity index (χ3n) is 4.92. The SMILES string of the molecule is NCCNC(=O)c1ccc2[nH]c3c(C(N)=O)cc(-c4ccc(Cl)c(Cl)c4)cc3c2c1. The number of carbonyl (C=O) groups excluding carboxylic acids is 2. The zero-order valence-electron chi connectivity index (χ0n) is 15.8. The van der Waals surface area contributed by atoms with Crippen molar-refractivity contribution in [2.24, 2.45) is 11.5 Å². The van der Waals surface area contributed by atoms with E-state index < -0.39 is 5.91 Å². The van der Waals surface area contributed by atoms with Crippen LogP contribution in [-0.4, -0.2) is 29.9 Å². The normalized spacial score (nSPS) is 11.2. The Labute approximate surface area is 182 Å². The van der Waals surface area contributed by atoms with E-state index in [0.717, 1.165) is 27.4 Å². The molecule has 6 nitrogen and oxygen atoms in total. The topological polar surface area (TPSA) is 114 Å². The van der Waals surface area contributed by atoms with Crippen molar-refractivity contribution in [3.63, 3.8) is 0 Å². The zero-order valence-corrected chi connectivity index (χ0v) is 17.3. The number of fused-ring (bicyclic) bond motifs is 3. The molecule has 0 spiro atoms. The number of hydrogen-bond donors (Lipinski definition) is 4. The zero-order chi connectivity index (χ0) is 21.4. The summed E-state index contributed by atoms with van der Waals surface area (Å²) in [5.41, 5.74) is 14.9. The summed E-state index contributed by atoms with van der Waals surface area (Å²) >= 11 is 12.2. The van der Waals surface area contributed by atoms with E-state index in [2.05, 4.69) is 10.3 Å². The van der Waals surface area contributed by atoms with Crippen LogP contribution in [0, 0.1) is 0 Å². The molecule has 0 saturated carbocycles. The quantitative estimate of drug-likeness (QED) is 0.374. The number of nitrogens with two attached hydrogens (primary N) is 2. The second-order valence-corrected chi connectivity index (χ2v) is 7.68. The largest absolute Gasteiger partial charge is 0.366 e. The van der Waals surface area contributed by atoms with E-state index in [4.69, 9.17) is 34.7 Å². The summed E-state index contributed by atoms with van der Waals surface area (Å²) in [7, 11) is 0. The summed E-state index contributed by atoms with van der Waals surface area (Å²) in [6.07, 6.45) is 0. The van der Waals surface area contributed by atoms with Gasteiger partial charge in [0, 0.05) is 34.9 Å². The highest BCUT2D eigenvalue weighted by Crippen LogP contribution is 2.35. The lowest BCUT2D eigenvalue weighted by Gasteiger charge is -2.07. The third-order valence-corrected chi connectivity index (χ3v) is 5.66. The molecule has 0 fully saturated rings. The molecule has 30 heavy (non-hydrogen) atoms. The van der Waals surface area contributed by atoms with Crippen LogP contribution in [-0.2, 0) is 0 Å². The van der Waals surface area contributed by atoms with Crippen molar-refractivity contribution >= 4 is 56.8 Å². The van der Waals surface area contributed by atoms with Crippen LogP contribution in [0.15, 0.2) is 48.5 Å². The number of amides is 2. The molecule has 0 radical (unpaired) electrons. The molecule has 8 heteroatoms. The molecule has 0 bridgehead atoms. The molecule has 1 heterocycles. The minimum absolute atomic E-state index is 0.215. The Bertz CT molecular complexity index is 1310. The Morgan fingerprint density at radius 1 is 0.933 bits per heavy atom. The fraction of sp³-hybridized carbons (Fsp3) is 0.0909. The second kappa shape index (κ2) is 7.99. The van der Waals surface area contributed by atoms with E-state index in [1.165, 1.54) is 0 Å². The van der Waals surface area contributed by atoms with Crippen LogP contribution in [0.3, 0.4) is 0 Å². The van der Waals surface area contributed by atoms with Crippen LogP contribution in [0.4, 0.5) is 0 Å². The summed E-state index contributed by atoms with van der Waals surface area (Å²) < 4.78 is 0. The number of H-pyrrole nitrogens is 1. The Morgan fingerprint density at radius 2 is 1.73 bits per heavy atom. The molecule has 0 unspecified atom stereocenters. The first-order valence-corrected chi connectivity index (χ1v) is 9.97. The lowest BCUT2D eigenvalue weighted by Crippen LogP contribution is -2.28. The number of primary amides is 1. The second-order valence-electron chi connectivity index (χ2n) is 6.87. The summed E-state index contributed by atoms with van der Waals surface area (Å²) in [4.78, 5) is 27.8. The number of hydrogen-bond acceptors (Lipinski definition) is 3. The summed E-state index contributed by atoms with van der Waals surface area (Å²) in [6.45, 7) is 0.744. The van der Waals surface area contributed by atoms with Gasteiger partial charge in [-0.2, -0.15) is 0 Å². The standard InChI is InChI=1S/C22H18Cl2N4O2/c23-17-3-1-11(10-18(17)24)13-8-15-14-7-12(22(30)27-6-5-25)2-4-19(14)28-20(15)16(9-13)21(26)29/h1-4,7-10,28H,5-6,25H2,(H2,26,29)(H,27,30). The van der Waals surface area contributed by atoms with Gasteiger partial charge < -0.3 is 21.8 Å². The molecule has 4 aromatic rings. The highest BCUT2D eigenvalue weighted by atomic mass is 35.5. The average Bonchev–Trinajstić information content (AvgIpc) is 3.10. The molecule has 1 aromatic heterocycles. The third kappa shape index (κ3) is 3.61. The highest BCUT2D eigenvalue weighted by Gasteiger charge is 2.16. The van der Waals surface area contributed by atoms with Crippen molar-refractivity contribution in [3.05, 3.63) is 69.7 Å². The first-order chi connectivity index (χ1) is 14.4. The van der Waals surface area contributed by atoms with Crippen molar-refractivity contribution in [1.29, 1.82) is 0 Å². The monoisotopic (exact) mass is 440 g/mol. The molecular weight excluding hydrogens is 423 g/mol. The molecule has 152 valence electrons. The molecule has 3 aromatic carbocycles. The predicted octanol–water partition coefficient (Wildman–Crippen LogP) is 4.08. The molecular formula is C22H18Cl2N4O2. The van der Waals surface area contributed by atoms with Gasteiger partial charge in [-0.05, 0) is 53.6 Å². The number of halogens is 2. The number of carbonyl (C=O) groups is 2. The van der Waals surface area contributed by atoms with Crippen molar-refractivity contribution in [2.75, 3.05) is 13.1 Å². The fourth-order valence-corrected chi connectivity index (χ4v) is 3.76. The molecule has 2 amide bonds. The summed E-state index contributed by atoms with van der Waals surface area (Å²) in [5.74, 6) is -0.776. The van der Waals surface area contributed by atoms with Gasteiger partial charge >= 0.3 is 0 Å². The first-order valence-electron chi connectivity index (χ1n) is 9.22. The van der Waals surface area contributed by atoms with Gasteiger partial charge in [0.25, 0.3) is 11.8 Å². The summed E-state index contributed by atoms with van der Waals surface area (Å²) in [5, 5.41) is 5.18. The van der Waals surface area contributed by atoms with E-state index in [-0.39, 0.29) is 5.91 Å². The van der Waals surface area contributed by atoms with Crippen molar-refractivity contribution in [1.82, 2.24) is 10.3 Å². The minimum atomic E-state index is -0.561. The predicted molar refractivity (Wildman–Crippen MR) is 121 cm³/mol. The molecule has 0 aliphatic carbocycles. The lowest BCUT2D eigenvalue weighted by molar-refractivity contribution is 0.0953. The average molecular weight is 441 g/mol. The number of aromatic nitrogens is 1. The maximum absolute atomic E-state index is 12.4. The summed E-state index contributed by atoms with van der Waals surface area (Å²) in [6, 6.07) is 14.2. The van der Waals surface area contributed by atoms with Gasteiger partial charge in [-0.25, -0.2) is 0 Å². The Balaban J connectivity index is 1.95. The molecule has 4 rings (SSSR count). The smallest absolute Gasteiger partial charge is 0.251 e. The van der Waals surface area contributed by atoms with Crippen LogP contribution in [0.1, 0.15) is 20.7 Å². The number of benzene rings is 3. The molecule has 0 aliphatic rings. The van der Waals surface area contributed by atoms with E-state index >= 15 is 0 Å². The van der Waals surface area contributed by atoms with Gasteiger partial charge in [0.05, 0.1) is 21.1 Å². The van der Waals surface area contributed by atoms with Gasteiger partial charge in [-0.15, -0.1) is 0 Å². The van der Waals surface area contributed by atoms with Gasteiger partial charge in [-0.1, -0.05) is 29.3 Å². The van der Waals surface area contributed by atoms with Crippen LogP contribution >= 0.6 is 23.2 Å². The van der Waals surface area contributed by atoms with E-state index in [0.29, 0.717) is 39.8 Å². The van der Waals surface area contributed by atoms with Crippen LogP contribution in [0.5, 0.6) is 0 Å². The number of rotatable bonds is 5. The molecule has 0 aliphatic heterocycles. The minimum Gasteiger partial charge on any atom is -0.366 e. The van der Waals surface area contributed by atoms with Crippen molar-refractivity contribution in [2.45, 2.75) is 0 Å². The fourth-order valence-electron chi connectivity index (χ4n) is 3.47. The molecule has 6 N–H and O–H groups in total. The van der Waals surface area contributed by atoms with Crippen molar-refractivity contribution < 1.29 is 9.59 Å². The van der Waals surface area contributed by atoms with E-state index in [1.54, 1.807) is 36.4 Å². The van der Waals surface area contributed by atoms with E-state index in [1.807, 2.05) is 12.1 Å². The number of aromatic amines is 1. The first kappa shape index (κ1) is 20.2. The van der Waals surface area contributed by atoms with Crippen LogP contribution < -0.4 is 16.8 Å². The van der Waals surface area contributed by atoms with Gasteiger partial charge in [0.1, 0.15) is 0 Å². The van der Waals surface area contributed by atoms with Crippen LogP contribution in [0.25, 0.3) is 32.9 Å². The Morgan fingerprint density at radius 3 is 2.43 bits per heavy atom. The maximum Gasteiger partial charge on any atom is 0.251 e. The van der Waals surface area contributed by atoms with Gasteiger partial charge in [0.15, 0.2) is 0 Å². The number of nitrogens with one attached hydrogen (secondary N) is 2. The maximum atomic E-state index is 12.4. The lowest BCUT2D eigenvalue weighted by atomic mass is 9.98. The molecule has 0 atom stereocenters.